The molecule has 1 aliphatic rings. The number of ether oxygens (including phenoxy) is 1. The first kappa shape index (κ1) is 17.9. The number of carbonyl (C=O) groups is 1. The quantitative estimate of drug-likeness (QED) is 0.584. The number of aromatic nitrogens is 1. The number of nitrogens with one attached hydrogen (secondary N) is 3. The lowest BCUT2D eigenvalue weighted by atomic mass is 10.2. The van der Waals surface area contributed by atoms with E-state index in [0.717, 1.165) is 33.7 Å². The van der Waals surface area contributed by atoms with Crippen LogP contribution in [0.15, 0.2) is 53.5 Å². The van der Waals surface area contributed by atoms with Crippen LogP contribution in [0.25, 0.3) is 10.9 Å². The van der Waals surface area contributed by atoms with E-state index < -0.39 is 0 Å². The van der Waals surface area contributed by atoms with Gasteiger partial charge in [-0.2, -0.15) is 4.99 Å². The summed E-state index contributed by atoms with van der Waals surface area (Å²) >= 11 is 0. The monoisotopic (exact) mass is 379 g/mol. The molecule has 0 aliphatic carbocycles. The first-order valence-corrected chi connectivity index (χ1v) is 9.29. The van der Waals surface area contributed by atoms with Crippen LogP contribution >= 0.6 is 0 Å². The lowest BCUT2D eigenvalue weighted by molar-refractivity contribution is -0.116. The number of nitrogens with zero attached hydrogens (tertiary/aromatic N) is 2. The third-order valence-corrected chi connectivity index (χ3v) is 4.70. The van der Waals surface area contributed by atoms with Crippen molar-refractivity contribution in [3.63, 3.8) is 0 Å². The van der Waals surface area contributed by atoms with E-state index in [0.29, 0.717) is 25.5 Å². The second kappa shape index (κ2) is 7.64. The Bertz CT molecular complexity index is 1040. The molecule has 0 unspecified atom stereocenters. The van der Waals surface area contributed by atoms with E-state index in [2.05, 4.69) is 33.3 Å². The lowest BCUT2D eigenvalue weighted by Gasteiger charge is -2.18. The number of para-hydroxylation sites is 1. The molecule has 0 saturated heterocycles. The first-order valence-electron chi connectivity index (χ1n) is 9.29. The molecule has 0 spiro atoms. The van der Waals surface area contributed by atoms with Gasteiger partial charge in [0.1, 0.15) is 5.69 Å². The Balaban J connectivity index is 0.00000240. The Morgan fingerprint density at radius 1 is 1.18 bits per heavy atom. The molecule has 0 radical (unpaired) electrons. The van der Waals surface area contributed by atoms with Gasteiger partial charge in [-0.1, -0.05) is 35.9 Å². The molecule has 7 heteroatoms. The van der Waals surface area contributed by atoms with Gasteiger partial charge in [0.2, 0.25) is 5.91 Å². The van der Waals surface area contributed by atoms with E-state index in [4.69, 9.17) is 4.74 Å². The molecular formula is C21H25N5O2. The van der Waals surface area contributed by atoms with Crippen LogP contribution in [0.3, 0.4) is 0 Å². The van der Waals surface area contributed by atoms with Crippen molar-refractivity contribution < 1.29 is 11.0 Å². The zero-order valence-corrected chi connectivity index (χ0v) is 16.0. The maximum atomic E-state index is 12.0. The van der Waals surface area contributed by atoms with E-state index in [-0.39, 0.29) is 7.33 Å². The molecule has 3 aromatic rings. The number of carbonyl (C=O) groups excluding carboxylic acids is 1. The molecular weight excluding hydrogens is 354 g/mol. The summed E-state index contributed by atoms with van der Waals surface area (Å²) in [5.41, 5.74) is 10.1. The van der Waals surface area contributed by atoms with E-state index >= 15 is 0 Å². The van der Waals surface area contributed by atoms with Crippen molar-refractivity contribution in [2.45, 2.75) is 19.8 Å². The minimum Gasteiger partial charge on any atom is -0.464 e. The molecule has 146 valence electrons. The average Bonchev–Trinajstić information content (AvgIpc) is 2.99. The van der Waals surface area contributed by atoms with Gasteiger partial charge in [0.05, 0.1) is 12.1 Å². The number of hydrazine groups is 1. The van der Waals surface area contributed by atoms with Crippen molar-refractivity contribution in [1.29, 1.82) is 0 Å². The highest BCUT2D eigenvalue weighted by Gasteiger charge is 2.19. The summed E-state index contributed by atoms with van der Waals surface area (Å²) in [5.74, 6) is 0.784. The minimum atomic E-state index is -0.0277. The van der Waals surface area contributed by atoms with Crippen LogP contribution in [0.2, 0.25) is 0 Å². The van der Waals surface area contributed by atoms with Crippen molar-refractivity contribution >= 4 is 40.0 Å². The van der Waals surface area contributed by atoms with Gasteiger partial charge >= 0.3 is 6.02 Å². The average molecular weight is 379 g/mol. The maximum Gasteiger partial charge on any atom is 0.310 e. The Labute approximate surface area is 164 Å². The Hall–Kier alpha value is -3.48. The van der Waals surface area contributed by atoms with Crippen LogP contribution in [0, 0.1) is 6.92 Å². The van der Waals surface area contributed by atoms with Gasteiger partial charge in [0, 0.05) is 26.0 Å². The molecule has 0 atom stereocenters. The Morgan fingerprint density at radius 3 is 2.79 bits per heavy atom. The summed E-state index contributed by atoms with van der Waals surface area (Å²) in [5, 5.41) is 3.99. The molecule has 4 rings (SSSR count). The van der Waals surface area contributed by atoms with E-state index in [1.807, 2.05) is 54.9 Å². The summed E-state index contributed by atoms with van der Waals surface area (Å²) in [6.45, 7) is 2.41. The van der Waals surface area contributed by atoms with Crippen LogP contribution in [0.1, 0.15) is 19.8 Å². The number of hydrogen-bond donors (Lipinski definition) is 3. The van der Waals surface area contributed by atoms with Crippen molar-refractivity contribution in [3.8, 4) is 0 Å². The van der Waals surface area contributed by atoms with Crippen LogP contribution < -0.4 is 16.2 Å². The van der Waals surface area contributed by atoms with Gasteiger partial charge in [0.15, 0.2) is 5.82 Å². The number of hydrogen-bond acceptors (Lipinski definition) is 5. The topological polar surface area (TPSA) is 79.7 Å². The zero-order valence-electron chi connectivity index (χ0n) is 16.0. The first-order chi connectivity index (χ1) is 13.6. The SMILES string of the molecule is Cc1ccc(NC(=O)CCCOC2=Nc3c(c4ccccc4n3C)NN2)cc1.[HH]. The highest BCUT2D eigenvalue weighted by atomic mass is 16.5. The third-order valence-electron chi connectivity index (χ3n) is 4.70. The molecule has 3 N–H and O–H groups in total. The molecule has 2 heterocycles. The number of amides is 1. The van der Waals surface area contributed by atoms with Gasteiger partial charge in [0.25, 0.3) is 0 Å². The molecule has 0 fully saturated rings. The second-order valence-electron chi connectivity index (χ2n) is 6.81. The van der Waals surface area contributed by atoms with E-state index in [1.165, 1.54) is 0 Å². The number of rotatable bonds is 5. The molecule has 1 aromatic heterocycles. The predicted molar refractivity (Wildman–Crippen MR) is 114 cm³/mol. The maximum absolute atomic E-state index is 12.0. The second-order valence-corrected chi connectivity index (χ2v) is 6.81. The highest BCUT2D eigenvalue weighted by Crippen LogP contribution is 2.37. The van der Waals surface area contributed by atoms with Crippen molar-refractivity contribution in [2.75, 3.05) is 17.3 Å². The number of aryl methyl sites for hydroxylation is 2. The van der Waals surface area contributed by atoms with E-state index in [9.17, 15) is 4.79 Å². The van der Waals surface area contributed by atoms with Gasteiger partial charge in [-0.05, 0) is 31.5 Å². The normalized spacial score (nSPS) is 12.6. The van der Waals surface area contributed by atoms with Crippen molar-refractivity contribution in [3.05, 3.63) is 54.1 Å². The van der Waals surface area contributed by atoms with Crippen LogP contribution in [0.5, 0.6) is 0 Å². The van der Waals surface area contributed by atoms with Gasteiger partial charge in [-0.25, -0.2) is 0 Å². The number of fused-ring (bicyclic) bond motifs is 3. The molecule has 28 heavy (non-hydrogen) atoms. The smallest absolute Gasteiger partial charge is 0.310 e. The zero-order chi connectivity index (χ0) is 19.5. The Morgan fingerprint density at radius 2 is 1.96 bits per heavy atom. The summed E-state index contributed by atoms with van der Waals surface area (Å²) in [6, 6.07) is 16.3. The molecule has 0 bridgehead atoms. The molecule has 1 aliphatic heterocycles. The van der Waals surface area contributed by atoms with Crippen molar-refractivity contribution in [1.82, 2.24) is 9.99 Å². The fourth-order valence-corrected chi connectivity index (χ4v) is 3.20. The van der Waals surface area contributed by atoms with Crippen molar-refractivity contribution in [2.24, 2.45) is 12.0 Å². The van der Waals surface area contributed by atoms with Gasteiger partial charge < -0.3 is 14.6 Å². The summed E-state index contributed by atoms with van der Waals surface area (Å²) in [4.78, 5) is 16.6. The summed E-state index contributed by atoms with van der Waals surface area (Å²) in [6.07, 6.45) is 0.980. The van der Waals surface area contributed by atoms with E-state index in [1.54, 1.807) is 0 Å². The molecule has 1 amide bonds. The largest absolute Gasteiger partial charge is 0.464 e. The van der Waals surface area contributed by atoms with Gasteiger partial charge in [-0.3, -0.25) is 15.6 Å². The lowest BCUT2D eigenvalue weighted by Crippen LogP contribution is -2.34. The van der Waals surface area contributed by atoms with Crippen LogP contribution in [-0.4, -0.2) is 23.1 Å². The number of benzene rings is 2. The number of amidine groups is 1. The number of aliphatic imine (C=N–C) groups is 1. The summed E-state index contributed by atoms with van der Waals surface area (Å²) < 4.78 is 7.71. The fraction of sp³-hybridized carbons (Fsp3) is 0.238. The van der Waals surface area contributed by atoms with Crippen LogP contribution in [-0.2, 0) is 16.6 Å². The predicted octanol–water partition coefficient (Wildman–Crippen LogP) is 4.09. The van der Waals surface area contributed by atoms with Crippen LogP contribution in [0.4, 0.5) is 17.2 Å². The summed E-state index contributed by atoms with van der Waals surface area (Å²) in [7, 11) is 1.98. The minimum absolute atomic E-state index is 0. The van der Waals surface area contributed by atoms with Gasteiger partial charge in [-0.15, -0.1) is 0 Å². The molecule has 0 saturated carbocycles. The Kier molecular flexibility index (Phi) is 4.89. The number of anilines is 2. The fourth-order valence-electron chi connectivity index (χ4n) is 3.20. The molecule has 2 aromatic carbocycles. The standard InChI is InChI=1S/C21H23N5O2.H2/c1-14-9-11-15(12-10-14)22-18(27)8-5-13-28-21-23-20-19(24-25-21)16-6-3-4-7-17(16)26(20)2;/h3-4,6-7,9-12,24H,5,8,13H2,1-2H3,(H,22,27)(H,23,25);1H. The third kappa shape index (κ3) is 3.64. The highest BCUT2D eigenvalue weighted by molar-refractivity contribution is 6.02. The molecule has 7 nitrogen and oxygen atoms in total.